The second-order valence-corrected chi connectivity index (χ2v) is 7.27. The quantitative estimate of drug-likeness (QED) is 0.626. The molecule has 0 atom stereocenters. The van der Waals surface area contributed by atoms with Crippen LogP contribution >= 0.6 is 23.4 Å². The molecule has 29 heavy (non-hydrogen) atoms. The Kier molecular flexibility index (Phi) is 6.09. The zero-order valence-corrected chi connectivity index (χ0v) is 16.5. The smallest absolute Gasteiger partial charge is 0.418 e. The summed E-state index contributed by atoms with van der Waals surface area (Å²) in [5.41, 5.74) is -0.772. The molecular formula is C19H14ClF3N2O3S. The zero-order valence-electron chi connectivity index (χ0n) is 14.9. The highest BCUT2D eigenvalue weighted by Gasteiger charge is 2.34. The topological polar surface area (TPSA) is 70.9 Å². The summed E-state index contributed by atoms with van der Waals surface area (Å²) < 4.78 is 44.9. The van der Waals surface area contributed by atoms with E-state index in [9.17, 15) is 23.1 Å². The predicted octanol–water partition coefficient (Wildman–Crippen LogP) is 5.35. The van der Waals surface area contributed by atoms with Crippen LogP contribution in [0.15, 0.2) is 46.3 Å². The second kappa shape index (κ2) is 8.38. The van der Waals surface area contributed by atoms with Gasteiger partial charge in [-0.15, -0.1) is 0 Å². The van der Waals surface area contributed by atoms with Crippen LogP contribution in [0.4, 0.5) is 18.9 Å². The Morgan fingerprint density at radius 3 is 2.72 bits per heavy atom. The molecule has 5 nitrogen and oxygen atoms in total. The lowest BCUT2D eigenvalue weighted by Crippen LogP contribution is -2.19. The van der Waals surface area contributed by atoms with Gasteiger partial charge in [0.05, 0.1) is 22.8 Å². The molecule has 0 saturated carbocycles. The normalized spacial score (nSPS) is 17.1. The number of aliphatic imine (C=N–C) groups is 1. The van der Waals surface area contributed by atoms with E-state index in [1.807, 2.05) is 0 Å². The largest absolute Gasteiger partial charge is 0.504 e. The number of rotatable bonds is 4. The molecule has 0 unspecified atom stereocenters. The number of hydrogen-bond acceptors (Lipinski definition) is 5. The van der Waals surface area contributed by atoms with E-state index in [1.165, 1.54) is 18.2 Å². The first-order valence-corrected chi connectivity index (χ1v) is 9.49. The number of amides is 1. The maximum atomic E-state index is 13.2. The summed E-state index contributed by atoms with van der Waals surface area (Å²) in [7, 11) is 0. The van der Waals surface area contributed by atoms with Crippen LogP contribution in [0.25, 0.3) is 6.08 Å². The van der Waals surface area contributed by atoms with Crippen LogP contribution in [0, 0.1) is 0 Å². The number of benzene rings is 2. The van der Waals surface area contributed by atoms with Gasteiger partial charge in [-0.1, -0.05) is 17.7 Å². The monoisotopic (exact) mass is 442 g/mol. The molecule has 1 saturated heterocycles. The summed E-state index contributed by atoms with van der Waals surface area (Å²) in [6, 6.07) is 7.77. The Balaban J connectivity index is 1.90. The van der Waals surface area contributed by atoms with Gasteiger partial charge in [0.1, 0.15) is 0 Å². The summed E-state index contributed by atoms with van der Waals surface area (Å²) in [5.74, 6) is -0.278. The Morgan fingerprint density at radius 2 is 2.03 bits per heavy atom. The number of carbonyl (C=O) groups excluding carboxylic acids is 1. The molecule has 2 aromatic carbocycles. The average Bonchev–Trinajstić information content (AvgIpc) is 2.98. The van der Waals surface area contributed by atoms with Crippen LogP contribution in [0.1, 0.15) is 18.1 Å². The molecule has 1 aliphatic heterocycles. The van der Waals surface area contributed by atoms with Crippen molar-refractivity contribution in [2.24, 2.45) is 4.99 Å². The number of alkyl halides is 3. The molecule has 0 bridgehead atoms. The van der Waals surface area contributed by atoms with Crippen LogP contribution in [0.3, 0.4) is 0 Å². The number of phenols is 1. The van der Waals surface area contributed by atoms with Crippen molar-refractivity contribution in [2.45, 2.75) is 13.1 Å². The van der Waals surface area contributed by atoms with Gasteiger partial charge in [-0.05, 0) is 60.7 Å². The van der Waals surface area contributed by atoms with E-state index in [1.54, 1.807) is 19.1 Å². The van der Waals surface area contributed by atoms with Crippen molar-refractivity contribution >= 4 is 46.2 Å². The van der Waals surface area contributed by atoms with Gasteiger partial charge in [0.25, 0.3) is 5.91 Å². The lowest BCUT2D eigenvalue weighted by Gasteiger charge is -2.10. The number of halogens is 4. The summed E-state index contributed by atoms with van der Waals surface area (Å²) in [4.78, 5) is 16.4. The molecule has 0 aromatic heterocycles. The minimum absolute atomic E-state index is 0.0119. The number of hydrogen-bond donors (Lipinski definition) is 2. The zero-order chi connectivity index (χ0) is 21.2. The maximum Gasteiger partial charge on any atom is 0.418 e. The molecule has 1 amide bonds. The van der Waals surface area contributed by atoms with Crippen LogP contribution in [-0.2, 0) is 11.0 Å². The Bertz CT molecular complexity index is 1020. The lowest BCUT2D eigenvalue weighted by molar-refractivity contribution is -0.137. The van der Waals surface area contributed by atoms with E-state index in [0.29, 0.717) is 12.2 Å². The highest BCUT2D eigenvalue weighted by molar-refractivity contribution is 8.18. The van der Waals surface area contributed by atoms with Crippen molar-refractivity contribution < 1.29 is 27.8 Å². The molecule has 0 spiro atoms. The van der Waals surface area contributed by atoms with E-state index >= 15 is 0 Å². The van der Waals surface area contributed by atoms with E-state index < -0.39 is 17.6 Å². The molecule has 3 rings (SSSR count). The van der Waals surface area contributed by atoms with Crippen molar-refractivity contribution in [2.75, 3.05) is 6.61 Å². The SMILES string of the molecule is CCOc1cc(/C=C2/SC(=Nc3ccc(Cl)cc3C(F)(F)F)NC2=O)ccc1O. The summed E-state index contributed by atoms with van der Waals surface area (Å²) in [6.07, 6.45) is -3.12. The highest BCUT2D eigenvalue weighted by Crippen LogP contribution is 2.39. The van der Waals surface area contributed by atoms with Crippen LogP contribution in [-0.4, -0.2) is 22.8 Å². The number of phenolic OH excluding ortho intramolecular Hbond substituents is 1. The fraction of sp³-hybridized carbons (Fsp3) is 0.158. The van der Waals surface area contributed by atoms with Gasteiger partial charge in [0, 0.05) is 5.02 Å². The van der Waals surface area contributed by atoms with E-state index in [4.69, 9.17) is 16.3 Å². The number of aromatic hydroxyl groups is 1. The summed E-state index contributed by atoms with van der Waals surface area (Å²) in [5, 5.41) is 12.1. The molecule has 2 aromatic rings. The first kappa shape index (κ1) is 21.1. The number of ether oxygens (including phenoxy) is 1. The number of amidine groups is 1. The standard InChI is InChI=1S/C19H14ClF3N2O3S/c1-2-28-15-7-10(3-6-14(15)26)8-16-17(27)25-18(29-16)24-13-5-4-11(20)9-12(13)19(21,22)23/h3-9,26H,2H2,1H3,(H,24,25,27)/b16-8+. The van der Waals surface area contributed by atoms with Crippen molar-refractivity contribution in [3.05, 3.63) is 57.5 Å². The summed E-state index contributed by atoms with van der Waals surface area (Å²) in [6.45, 7) is 2.11. The van der Waals surface area contributed by atoms with Gasteiger partial charge in [0.15, 0.2) is 16.7 Å². The van der Waals surface area contributed by atoms with Gasteiger partial charge in [-0.2, -0.15) is 13.2 Å². The lowest BCUT2D eigenvalue weighted by atomic mass is 10.2. The minimum Gasteiger partial charge on any atom is -0.504 e. The second-order valence-electron chi connectivity index (χ2n) is 5.80. The third-order valence-electron chi connectivity index (χ3n) is 3.72. The van der Waals surface area contributed by atoms with Crippen molar-refractivity contribution in [1.29, 1.82) is 0 Å². The molecule has 1 heterocycles. The van der Waals surface area contributed by atoms with E-state index in [2.05, 4.69) is 10.3 Å². The van der Waals surface area contributed by atoms with Crippen molar-refractivity contribution in [3.8, 4) is 11.5 Å². The van der Waals surface area contributed by atoms with Crippen LogP contribution in [0.2, 0.25) is 5.02 Å². The number of thioether (sulfide) groups is 1. The van der Waals surface area contributed by atoms with Gasteiger partial charge < -0.3 is 15.2 Å². The Labute approximate surface area is 173 Å². The number of nitrogens with one attached hydrogen (secondary N) is 1. The van der Waals surface area contributed by atoms with Crippen LogP contribution < -0.4 is 10.1 Å². The molecule has 2 N–H and O–H groups in total. The molecule has 1 aliphatic rings. The van der Waals surface area contributed by atoms with Gasteiger partial charge in [-0.3, -0.25) is 4.79 Å². The Morgan fingerprint density at radius 1 is 1.28 bits per heavy atom. The van der Waals surface area contributed by atoms with E-state index in [0.717, 1.165) is 23.9 Å². The molecular weight excluding hydrogens is 429 g/mol. The molecule has 1 fully saturated rings. The minimum atomic E-state index is -4.64. The molecule has 0 radical (unpaired) electrons. The third kappa shape index (κ3) is 5.04. The van der Waals surface area contributed by atoms with Gasteiger partial charge in [-0.25, -0.2) is 4.99 Å². The van der Waals surface area contributed by atoms with E-state index in [-0.39, 0.29) is 32.3 Å². The first-order chi connectivity index (χ1) is 13.7. The fourth-order valence-electron chi connectivity index (χ4n) is 2.47. The van der Waals surface area contributed by atoms with Crippen molar-refractivity contribution in [3.63, 3.8) is 0 Å². The van der Waals surface area contributed by atoms with Crippen LogP contribution in [0.5, 0.6) is 11.5 Å². The Hall–Kier alpha value is -2.65. The molecule has 0 aliphatic carbocycles. The predicted molar refractivity (Wildman–Crippen MR) is 107 cm³/mol. The first-order valence-electron chi connectivity index (χ1n) is 8.29. The maximum absolute atomic E-state index is 13.2. The molecule has 152 valence electrons. The van der Waals surface area contributed by atoms with Crippen molar-refractivity contribution in [1.82, 2.24) is 5.32 Å². The third-order valence-corrected chi connectivity index (χ3v) is 4.86. The van der Waals surface area contributed by atoms with Gasteiger partial charge in [0.2, 0.25) is 0 Å². The average molecular weight is 443 g/mol. The highest BCUT2D eigenvalue weighted by atomic mass is 35.5. The van der Waals surface area contributed by atoms with Gasteiger partial charge >= 0.3 is 6.18 Å². The number of carbonyl (C=O) groups is 1. The summed E-state index contributed by atoms with van der Waals surface area (Å²) >= 11 is 6.56. The molecule has 10 heteroatoms. The number of nitrogens with zero attached hydrogens (tertiary/aromatic N) is 1. The fourth-order valence-corrected chi connectivity index (χ4v) is 3.47.